The van der Waals surface area contributed by atoms with Crippen LogP contribution in [0.4, 0.5) is 0 Å². The second-order valence-electron chi connectivity index (χ2n) is 5.05. The van der Waals surface area contributed by atoms with Crippen LogP contribution in [0, 0.1) is 11.8 Å². The zero-order valence-corrected chi connectivity index (χ0v) is 10.3. The van der Waals surface area contributed by atoms with Gasteiger partial charge in [0.1, 0.15) is 7.14 Å². The molecule has 3 atom stereocenters. The maximum atomic E-state index is 13.0. The largest absolute Gasteiger partial charge is 0.319 e. The Kier molecular flexibility index (Phi) is 2.52. The number of allylic oxidation sites excluding steroid dienone is 2. The molecule has 1 saturated heterocycles. The van der Waals surface area contributed by atoms with Crippen molar-refractivity contribution in [2.24, 2.45) is 11.8 Å². The highest BCUT2D eigenvalue weighted by atomic mass is 31.2. The van der Waals surface area contributed by atoms with Crippen LogP contribution < -0.4 is 5.30 Å². The maximum absolute atomic E-state index is 13.0. The SMILES string of the molecule is O=P1(c2ccccc2)C[C@H]2CC=CC[C@H]2C1. The van der Waals surface area contributed by atoms with Gasteiger partial charge in [0.25, 0.3) is 0 Å². The van der Waals surface area contributed by atoms with Crippen LogP contribution in [-0.4, -0.2) is 12.3 Å². The molecule has 1 unspecified atom stereocenters. The van der Waals surface area contributed by atoms with E-state index < -0.39 is 7.14 Å². The van der Waals surface area contributed by atoms with Crippen molar-refractivity contribution in [1.82, 2.24) is 0 Å². The molecule has 84 valence electrons. The van der Waals surface area contributed by atoms with E-state index in [1.807, 2.05) is 30.3 Å². The predicted molar refractivity (Wildman–Crippen MR) is 68.8 cm³/mol. The van der Waals surface area contributed by atoms with Gasteiger partial charge in [-0.05, 0) is 24.7 Å². The molecule has 0 radical (unpaired) electrons. The molecule has 1 aliphatic heterocycles. The van der Waals surface area contributed by atoms with Gasteiger partial charge in [0.05, 0.1) is 0 Å². The Morgan fingerprint density at radius 2 is 1.50 bits per heavy atom. The minimum Gasteiger partial charge on any atom is -0.319 e. The normalized spacial score (nSPS) is 37.2. The summed E-state index contributed by atoms with van der Waals surface area (Å²) in [6, 6.07) is 10.1. The van der Waals surface area contributed by atoms with E-state index >= 15 is 0 Å². The molecule has 1 heterocycles. The van der Waals surface area contributed by atoms with Crippen LogP contribution in [0.2, 0.25) is 0 Å². The van der Waals surface area contributed by atoms with Crippen molar-refractivity contribution < 1.29 is 4.57 Å². The molecule has 0 N–H and O–H groups in total. The van der Waals surface area contributed by atoms with Gasteiger partial charge in [-0.2, -0.15) is 0 Å². The summed E-state index contributed by atoms with van der Waals surface area (Å²) in [4.78, 5) is 0. The Morgan fingerprint density at radius 1 is 0.938 bits per heavy atom. The monoisotopic (exact) mass is 232 g/mol. The van der Waals surface area contributed by atoms with Crippen molar-refractivity contribution in [1.29, 1.82) is 0 Å². The third-order valence-corrected chi connectivity index (χ3v) is 7.35. The molecule has 1 nitrogen and oxygen atoms in total. The first-order valence-electron chi connectivity index (χ1n) is 6.07. The fourth-order valence-electron chi connectivity index (χ4n) is 3.12. The van der Waals surface area contributed by atoms with Crippen molar-refractivity contribution in [3.8, 4) is 0 Å². The molecule has 0 spiro atoms. The van der Waals surface area contributed by atoms with Crippen molar-refractivity contribution in [3.63, 3.8) is 0 Å². The first kappa shape index (κ1) is 10.4. The lowest BCUT2D eigenvalue weighted by Gasteiger charge is -2.18. The van der Waals surface area contributed by atoms with Gasteiger partial charge in [0.15, 0.2) is 0 Å². The Balaban J connectivity index is 1.90. The average Bonchev–Trinajstić information content (AvgIpc) is 2.68. The fraction of sp³-hybridized carbons (Fsp3) is 0.429. The lowest BCUT2D eigenvalue weighted by Crippen LogP contribution is -2.13. The summed E-state index contributed by atoms with van der Waals surface area (Å²) in [6.45, 7) is 0. The summed E-state index contributed by atoms with van der Waals surface area (Å²) in [5.74, 6) is 1.35. The highest BCUT2D eigenvalue weighted by Crippen LogP contribution is 2.57. The van der Waals surface area contributed by atoms with Gasteiger partial charge < -0.3 is 4.57 Å². The highest BCUT2D eigenvalue weighted by molar-refractivity contribution is 7.71. The van der Waals surface area contributed by atoms with Crippen molar-refractivity contribution in [3.05, 3.63) is 42.5 Å². The molecule has 0 amide bonds. The summed E-state index contributed by atoms with van der Waals surface area (Å²) in [5.41, 5.74) is 0. The van der Waals surface area contributed by atoms with E-state index in [0.717, 1.165) is 30.5 Å². The summed E-state index contributed by atoms with van der Waals surface area (Å²) in [5, 5.41) is 1.10. The molecule has 0 aromatic heterocycles. The van der Waals surface area contributed by atoms with Gasteiger partial charge in [-0.1, -0.05) is 42.5 Å². The van der Waals surface area contributed by atoms with Crippen LogP contribution in [0.25, 0.3) is 0 Å². The Hall–Kier alpha value is -0.810. The van der Waals surface area contributed by atoms with Gasteiger partial charge >= 0.3 is 0 Å². The Morgan fingerprint density at radius 3 is 2.06 bits per heavy atom. The number of hydrogen-bond donors (Lipinski definition) is 0. The third-order valence-electron chi connectivity index (χ3n) is 4.00. The van der Waals surface area contributed by atoms with Crippen molar-refractivity contribution in [2.45, 2.75) is 12.8 Å². The summed E-state index contributed by atoms with van der Waals surface area (Å²) in [7, 11) is -2.07. The summed E-state index contributed by atoms with van der Waals surface area (Å²) < 4.78 is 13.0. The number of rotatable bonds is 1. The van der Waals surface area contributed by atoms with Gasteiger partial charge in [-0.25, -0.2) is 0 Å². The van der Waals surface area contributed by atoms with Crippen LogP contribution in [0.5, 0.6) is 0 Å². The molecule has 1 aromatic carbocycles. The molecule has 1 fully saturated rings. The van der Waals surface area contributed by atoms with E-state index in [1.165, 1.54) is 0 Å². The van der Waals surface area contributed by atoms with E-state index in [-0.39, 0.29) is 0 Å². The van der Waals surface area contributed by atoms with E-state index in [2.05, 4.69) is 12.2 Å². The van der Waals surface area contributed by atoms with Crippen LogP contribution >= 0.6 is 7.14 Å². The standard InChI is InChI=1S/C14H17OP/c15-16(14-8-2-1-3-9-14)10-12-6-4-5-7-13(12)11-16/h1-5,8-9,12-13H,6-7,10-11H2/t12-,13+,16?. The highest BCUT2D eigenvalue weighted by Gasteiger charge is 2.42. The topological polar surface area (TPSA) is 17.1 Å². The summed E-state index contributed by atoms with van der Waals surface area (Å²) >= 11 is 0. The van der Waals surface area contributed by atoms with E-state index in [0.29, 0.717) is 11.8 Å². The van der Waals surface area contributed by atoms with E-state index in [4.69, 9.17) is 0 Å². The number of fused-ring (bicyclic) bond motifs is 1. The molecule has 2 heteroatoms. The minimum absolute atomic E-state index is 0.677. The molecule has 2 aliphatic rings. The molecular formula is C14H17OP. The molecule has 3 rings (SSSR count). The van der Waals surface area contributed by atoms with Crippen LogP contribution in [0.15, 0.2) is 42.5 Å². The molecule has 0 bridgehead atoms. The molecular weight excluding hydrogens is 215 g/mol. The lowest BCUT2D eigenvalue weighted by molar-refractivity contribution is 0.411. The fourth-order valence-corrected chi connectivity index (χ4v) is 6.81. The van der Waals surface area contributed by atoms with Crippen LogP contribution in [0.3, 0.4) is 0 Å². The molecule has 0 saturated carbocycles. The van der Waals surface area contributed by atoms with Gasteiger partial charge in [-0.3, -0.25) is 0 Å². The second-order valence-corrected chi connectivity index (χ2v) is 8.08. The average molecular weight is 232 g/mol. The molecule has 16 heavy (non-hydrogen) atoms. The predicted octanol–water partition coefficient (Wildman–Crippen LogP) is 3.27. The quantitative estimate of drug-likeness (QED) is 0.536. The van der Waals surface area contributed by atoms with E-state index in [1.54, 1.807) is 0 Å². The van der Waals surface area contributed by atoms with Crippen molar-refractivity contribution >= 4 is 12.4 Å². The van der Waals surface area contributed by atoms with Crippen LogP contribution in [0.1, 0.15) is 12.8 Å². The lowest BCUT2D eigenvalue weighted by atomic mass is 9.86. The number of benzene rings is 1. The Bertz CT molecular complexity index is 429. The first-order chi connectivity index (χ1) is 7.78. The van der Waals surface area contributed by atoms with Gasteiger partial charge in [0.2, 0.25) is 0 Å². The minimum atomic E-state index is -2.07. The summed E-state index contributed by atoms with van der Waals surface area (Å²) in [6.07, 6.45) is 8.69. The Labute approximate surface area is 96.9 Å². The first-order valence-corrected chi connectivity index (χ1v) is 8.14. The third kappa shape index (κ3) is 1.68. The molecule has 1 aromatic rings. The van der Waals surface area contributed by atoms with Gasteiger partial charge in [-0.15, -0.1) is 0 Å². The van der Waals surface area contributed by atoms with Crippen molar-refractivity contribution in [2.75, 3.05) is 12.3 Å². The zero-order chi connectivity index (χ0) is 11.0. The van der Waals surface area contributed by atoms with E-state index in [9.17, 15) is 4.57 Å². The van der Waals surface area contributed by atoms with Crippen LogP contribution in [-0.2, 0) is 4.57 Å². The zero-order valence-electron chi connectivity index (χ0n) is 9.38. The second kappa shape index (κ2) is 3.89. The van der Waals surface area contributed by atoms with Gasteiger partial charge in [0, 0.05) is 17.6 Å². The maximum Gasteiger partial charge on any atom is 0.116 e. The molecule has 1 aliphatic carbocycles. The number of hydrogen-bond acceptors (Lipinski definition) is 1. The smallest absolute Gasteiger partial charge is 0.116 e.